The average Bonchev–Trinajstić information content (AvgIpc) is 3.34. The highest BCUT2D eigenvalue weighted by atomic mass is 16.3. The number of hydrogen-bond donors (Lipinski definition) is 2. The van der Waals surface area contributed by atoms with E-state index in [1.807, 2.05) is 24.3 Å². The third-order valence-corrected chi connectivity index (χ3v) is 6.26. The zero-order valence-corrected chi connectivity index (χ0v) is 16.4. The molecule has 0 bridgehead atoms. The van der Waals surface area contributed by atoms with E-state index in [9.17, 15) is 14.7 Å². The van der Waals surface area contributed by atoms with E-state index < -0.39 is 5.60 Å². The molecule has 2 aromatic rings. The van der Waals surface area contributed by atoms with E-state index in [1.165, 1.54) is 11.3 Å². The van der Waals surface area contributed by atoms with Crippen LogP contribution < -0.4 is 5.32 Å². The minimum atomic E-state index is -1.13. The van der Waals surface area contributed by atoms with Gasteiger partial charge in [0.05, 0.1) is 0 Å². The summed E-state index contributed by atoms with van der Waals surface area (Å²) < 4.78 is 0. The topological polar surface area (TPSA) is 72.9 Å². The number of aliphatic hydroxyl groups is 1. The predicted molar refractivity (Wildman–Crippen MR) is 111 cm³/mol. The number of benzene rings is 2. The number of nitrogens with zero attached hydrogens (tertiary/aromatic N) is 2. The molecule has 2 aliphatic heterocycles. The fourth-order valence-electron chi connectivity index (χ4n) is 4.21. The number of carbonyl (C=O) groups is 2. The first-order valence-corrected chi connectivity index (χ1v) is 10.3. The lowest BCUT2D eigenvalue weighted by Gasteiger charge is -2.35. The molecule has 2 N–H and O–H groups in total. The van der Waals surface area contributed by atoms with Crippen LogP contribution in [0.15, 0.2) is 42.5 Å². The zero-order valence-electron chi connectivity index (χ0n) is 16.4. The molecule has 0 unspecified atom stereocenters. The first-order chi connectivity index (χ1) is 14.0. The number of anilines is 1. The fraction of sp³-hybridized carbons (Fsp3) is 0.391. The van der Waals surface area contributed by atoms with Crippen LogP contribution in [0.25, 0.3) is 11.1 Å². The molecule has 3 aliphatic rings. The van der Waals surface area contributed by atoms with Gasteiger partial charge in [0, 0.05) is 44.0 Å². The van der Waals surface area contributed by atoms with Gasteiger partial charge in [-0.25, -0.2) is 0 Å². The minimum absolute atomic E-state index is 0.00747. The van der Waals surface area contributed by atoms with Crippen LogP contribution in [0.4, 0.5) is 5.69 Å². The second kappa shape index (κ2) is 6.88. The molecule has 6 heteroatoms. The van der Waals surface area contributed by atoms with Crippen molar-refractivity contribution in [1.29, 1.82) is 0 Å². The molecule has 150 valence electrons. The van der Waals surface area contributed by atoms with Crippen molar-refractivity contribution in [1.82, 2.24) is 9.80 Å². The van der Waals surface area contributed by atoms with Gasteiger partial charge in [-0.05, 0) is 60.2 Å². The number of amides is 2. The average molecular weight is 391 g/mol. The highest BCUT2D eigenvalue weighted by Gasteiger charge is 2.50. The number of nitrogens with one attached hydrogen (secondary N) is 1. The number of piperazine rings is 1. The summed E-state index contributed by atoms with van der Waals surface area (Å²) in [6, 6.07) is 14.2. The summed E-state index contributed by atoms with van der Waals surface area (Å²) in [5.74, 6) is -0.189. The Bertz CT molecular complexity index is 958. The van der Waals surface area contributed by atoms with Crippen LogP contribution >= 0.6 is 0 Å². The third kappa shape index (κ3) is 3.38. The number of fused-ring (bicyclic) bond motifs is 1. The van der Waals surface area contributed by atoms with E-state index in [1.54, 1.807) is 9.80 Å². The van der Waals surface area contributed by atoms with E-state index in [2.05, 4.69) is 23.5 Å². The van der Waals surface area contributed by atoms with Gasteiger partial charge >= 0.3 is 0 Å². The molecule has 29 heavy (non-hydrogen) atoms. The van der Waals surface area contributed by atoms with Crippen molar-refractivity contribution < 1.29 is 14.7 Å². The normalized spacial score (nSPS) is 19.5. The molecule has 1 aliphatic carbocycles. The first kappa shape index (κ1) is 18.2. The quantitative estimate of drug-likeness (QED) is 0.841. The summed E-state index contributed by atoms with van der Waals surface area (Å²) >= 11 is 0. The lowest BCUT2D eigenvalue weighted by Crippen LogP contribution is -2.53. The molecular weight excluding hydrogens is 366 g/mol. The molecule has 2 fully saturated rings. The summed E-state index contributed by atoms with van der Waals surface area (Å²) in [7, 11) is 0. The Balaban J connectivity index is 1.23. The van der Waals surface area contributed by atoms with Gasteiger partial charge < -0.3 is 20.2 Å². The molecule has 0 radical (unpaired) electrons. The van der Waals surface area contributed by atoms with Gasteiger partial charge in [0.1, 0.15) is 5.60 Å². The molecule has 5 rings (SSSR count). The van der Waals surface area contributed by atoms with Crippen LogP contribution in [0, 0.1) is 0 Å². The van der Waals surface area contributed by atoms with Crippen LogP contribution in [-0.2, 0) is 11.2 Å². The first-order valence-electron chi connectivity index (χ1n) is 10.3. The van der Waals surface area contributed by atoms with Crippen LogP contribution in [0.2, 0.25) is 0 Å². The van der Waals surface area contributed by atoms with E-state index in [0.29, 0.717) is 44.6 Å². The van der Waals surface area contributed by atoms with Crippen molar-refractivity contribution in [2.24, 2.45) is 0 Å². The number of hydrogen-bond acceptors (Lipinski definition) is 4. The Labute approximate surface area is 170 Å². The van der Waals surface area contributed by atoms with E-state index >= 15 is 0 Å². The van der Waals surface area contributed by atoms with Gasteiger partial charge in [0.2, 0.25) is 0 Å². The molecule has 2 amide bonds. The highest BCUT2D eigenvalue weighted by Crippen LogP contribution is 2.37. The minimum Gasteiger partial charge on any atom is -0.384 e. The molecule has 6 nitrogen and oxygen atoms in total. The smallest absolute Gasteiger partial charge is 0.254 e. The standard InChI is InChI=1S/C23H25N3O3/c27-21(25-11-13-26(14-12-25)22(28)23(29)8-9-23)17-3-1-16(2-4-17)18-5-6-20-19(15-18)7-10-24-20/h1-6,15,24,29H,7-14H2. The Kier molecular flexibility index (Phi) is 4.32. The lowest BCUT2D eigenvalue weighted by atomic mass is 10.0. The second-order valence-corrected chi connectivity index (χ2v) is 8.24. The third-order valence-electron chi connectivity index (χ3n) is 6.26. The van der Waals surface area contributed by atoms with Crippen LogP contribution in [0.1, 0.15) is 28.8 Å². The zero-order chi connectivity index (χ0) is 20.0. The van der Waals surface area contributed by atoms with Crippen molar-refractivity contribution in [2.75, 3.05) is 38.0 Å². The molecule has 2 aromatic carbocycles. The van der Waals surface area contributed by atoms with Crippen molar-refractivity contribution in [3.8, 4) is 11.1 Å². The molecular formula is C23H25N3O3. The summed E-state index contributed by atoms with van der Waals surface area (Å²) in [4.78, 5) is 28.6. The van der Waals surface area contributed by atoms with Gasteiger partial charge in [-0.3, -0.25) is 9.59 Å². The molecule has 0 atom stereocenters. The van der Waals surface area contributed by atoms with Crippen molar-refractivity contribution in [3.63, 3.8) is 0 Å². The Hall–Kier alpha value is -2.86. The fourth-order valence-corrected chi connectivity index (χ4v) is 4.21. The van der Waals surface area contributed by atoms with Crippen LogP contribution in [0.3, 0.4) is 0 Å². The van der Waals surface area contributed by atoms with Crippen LogP contribution in [-0.4, -0.2) is 65.0 Å². The maximum absolute atomic E-state index is 12.9. The maximum Gasteiger partial charge on any atom is 0.254 e. The molecule has 1 saturated heterocycles. The Morgan fingerprint density at radius 1 is 0.897 bits per heavy atom. The SMILES string of the molecule is O=C(c1ccc(-c2ccc3c(c2)CCN3)cc1)N1CCN(C(=O)C2(O)CC2)CC1. The van der Waals surface area contributed by atoms with E-state index in [4.69, 9.17) is 0 Å². The highest BCUT2D eigenvalue weighted by molar-refractivity contribution is 5.95. The van der Waals surface area contributed by atoms with Gasteiger partial charge in [-0.1, -0.05) is 18.2 Å². The van der Waals surface area contributed by atoms with Crippen molar-refractivity contribution >= 4 is 17.5 Å². The maximum atomic E-state index is 12.9. The predicted octanol–water partition coefficient (Wildman–Crippen LogP) is 2.13. The summed E-state index contributed by atoms with van der Waals surface area (Å²) in [5, 5.41) is 13.4. The second-order valence-electron chi connectivity index (χ2n) is 8.24. The van der Waals surface area contributed by atoms with Crippen molar-refractivity contribution in [3.05, 3.63) is 53.6 Å². The monoisotopic (exact) mass is 391 g/mol. The van der Waals surface area contributed by atoms with Gasteiger partial charge in [0.15, 0.2) is 0 Å². The molecule has 2 heterocycles. The van der Waals surface area contributed by atoms with Crippen LogP contribution in [0.5, 0.6) is 0 Å². The van der Waals surface area contributed by atoms with E-state index in [0.717, 1.165) is 24.1 Å². The summed E-state index contributed by atoms with van der Waals surface area (Å²) in [6.07, 6.45) is 2.15. The Morgan fingerprint density at radius 2 is 1.55 bits per heavy atom. The lowest BCUT2D eigenvalue weighted by molar-refractivity contribution is -0.143. The van der Waals surface area contributed by atoms with Gasteiger partial charge in [-0.15, -0.1) is 0 Å². The number of carbonyl (C=O) groups excluding carboxylic acids is 2. The number of rotatable bonds is 3. The van der Waals surface area contributed by atoms with E-state index in [-0.39, 0.29) is 11.8 Å². The van der Waals surface area contributed by atoms with Gasteiger partial charge in [0.25, 0.3) is 11.8 Å². The Morgan fingerprint density at radius 3 is 2.24 bits per heavy atom. The summed E-state index contributed by atoms with van der Waals surface area (Å²) in [5.41, 5.74) is 4.35. The molecule has 0 spiro atoms. The summed E-state index contributed by atoms with van der Waals surface area (Å²) in [6.45, 7) is 2.95. The largest absolute Gasteiger partial charge is 0.384 e. The van der Waals surface area contributed by atoms with Crippen molar-refractivity contribution in [2.45, 2.75) is 24.9 Å². The molecule has 0 aromatic heterocycles. The van der Waals surface area contributed by atoms with Gasteiger partial charge in [-0.2, -0.15) is 0 Å². The molecule has 1 saturated carbocycles.